The summed E-state index contributed by atoms with van der Waals surface area (Å²) in [4.78, 5) is 16.5. The lowest BCUT2D eigenvalue weighted by Crippen LogP contribution is -2.28. The monoisotopic (exact) mass is 330 g/mol. The fraction of sp³-hybridized carbons (Fsp3) is 0.267. The molecule has 1 aliphatic rings. The van der Waals surface area contributed by atoms with Gasteiger partial charge < -0.3 is 15.6 Å². The maximum absolute atomic E-state index is 13.0. The number of aromatic nitrogens is 4. The van der Waals surface area contributed by atoms with Crippen LogP contribution in [-0.2, 0) is 0 Å². The first-order valence-corrected chi connectivity index (χ1v) is 8.40. The van der Waals surface area contributed by atoms with Crippen molar-refractivity contribution in [3.63, 3.8) is 0 Å². The summed E-state index contributed by atoms with van der Waals surface area (Å²) >= 11 is 1.87. The maximum atomic E-state index is 13.0. The third-order valence-electron chi connectivity index (χ3n) is 3.65. The van der Waals surface area contributed by atoms with Crippen LogP contribution in [-0.4, -0.2) is 38.8 Å². The molecule has 8 heteroatoms. The van der Waals surface area contributed by atoms with Crippen LogP contribution < -0.4 is 10.6 Å². The predicted octanol–water partition coefficient (Wildman–Crippen LogP) is 2.61. The summed E-state index contributed by atoms with van der Waals surface area (Å²) in [5.74, 6) is 1.24. The zero-order chi connectivity index (χ0) is 15.6. The quantitative estimate of drug-likeness (QED) is 0.685. The van der Waals surface area contributed by atoms with E-state index >= 15 is 0 Å². The molecule has 118 valence electrons. The number of nitrogens with zero attached hydrogens (tertiary/aromatic N) is 3. The number of hydrogen-bond acceptors (Lipinski definition) is 6. The number of H-pyrrole nitrogens is 1. The molecule has 0 amide bonds. The topological polar surface area (TPSA) is 78.5 Å². The molecule has 0 aliphatic carbocycles. The number of nitrogens with one attached hydrogen (secondary N) is 3. The third kappa shape index (κ3) is 2.99. The van der Waals surface area contributed by atoms with Crippen molar-refractivity contribution in [2.45, 2.75) is 5.25 Å². The van der Waals surface area contributed by atoms with Gasteiger partial charge in [-0.05, 0) is 24.3 Å². The van der Waals surface area contributed by atoms with Gasteiger partial charge in [-0.2, -0.15) is 4.98 Å². The molecule has 0 saturated carbocycles. The van der Waals surface area contributed by atoms with E-state index in [-0.39, 0.29) is 11.1 Å². The van der Waals surface area contributed by atoms with Crippen LogP contribution >= 0.6 is 11.8 Å². The lowest BCUT2D eigenvalue weighted by Gasteiger charge is -2.22. The molecule has 1 atom stereocenters. The smallest absolute Gasteiger partial charge is 0.229 e. The molecule has 4 rings (SSSR count). The second-order valence-electron chi connectivity index (χ2n) is 5.23. The van der Waals surface area contributed by atoms with Gasteiger partial charge in [0.25, 0.3) is 0 Å². The number of anilines is 2. The molecule has 3 heterocycles. The molecule has 0 bridgehead atoms. The molecule has 6 nitrogen and oxygen atoms in total. The van der Waals surface area contributed by atoms with E-state index < -0.39 is 0 Å². The van der Waals surface area contributed by atoms with E-state index in [1.54, 1.807) is 18.5 Å². The summed E-state index contributed by atoms with van der Waals surface area (Å²) in [6, 6.07) is 6.11. The van der Waals surface area contributed by atoms with Gasteiger partial charge in [-0.3, -0.25) is 0 Å². The van der Waals surface area contributed by atoms with Crippen LogP contribution in [0.25, 0.3) is 11.2 Å². The summed E-state index contributed by atoms with van der Waals surface area (Å²) in [5.41, 5.74) is 3.18. The summed E-state index contributed by atoms with van der Waals surface area (Å²) in [6.07, 6.45) is 1.63. The van der Waals surface area contributed by atoms with Crippen LogP contribution in [0, 0.1) is 5.82 Å². The standard InChI is InChI=1S/C15H15FN6S/c16-9-1-3-10(4-2-9)20-15-21-12(11-7-17-5-6-23-11)13-14(22-15)19-8-18-13/h1-4,8,11,17H,5-7H2,(H2,18,19,20,21,22). The highest BCUT2D eigenvalue weighted by Gasteiger charge is 2.22. The molecule has 3 N–H and O–H groups in total. The van der Waals surface area contributed by atoms with Crippen molar-refractivity contribution < 1.29 is 4.39 Å². The van der Waals surface area contributed by atoms with Crippen molar-refractivity contribution in [1.29, 1.82) is 0 Å². The number of aromatic amines is 1. The Morgan fingerprint density at radius 2 is 2.09 bits per heavy atom. The molecule has 23 heavy (non-hydrogen) atoms. The normalized spacial score (nSPS) is 18.2. The molecule has 1 aliphatic heterocycles. The number of rotatable bonds is 3. The van der Waals surface area contributed by atoms with E-state index in [0.717, 1.165) is 35.7 Å². The Hall–Kier alpha value is -2.19. The first-order chi connectivity index (χ1) is 11.3. The number of benzene rings is 1. The molecule has 1 fully saturated rings. The van der Waals surface area contributed by atoms with Gasteiger partial charge in [0.2, 0.25) is 5.95 Å². The summed E-state index contributed by atoms with van der Waals surface area (Å²) in [6.45, 7) is 1.88. The van der Waals surface area contributed by atoms with E-state index in [2.05, 4.69) is 30.6 Å². The predicted molar refractivity (Wildman–Crippen MR) is 89.4 cm³/mol. The fourth-order valence-electron chi connectivity index (χ4n) is 2.55. The SMILES string of the molecule is Fc1ccc(Nc2nc(C3CNCCS3)c3[nH]cnc3n2)cc1. The number of fused-ring (bicyclic) bond motifs is 1. The van der Waals surface area contributed by atoms with Gasteiger partial charge in [-0.1, -0.05) is 0 Å². The van der Waals surface area contributed by atoms with Crippen LogP contribution in [0.2, 0.25) is 0 Å². The number of hydrogen-bond donors (Lipinski definition) is 3. The first-order valence-electron chi connectivity index (χ1n) is 7.35. The van der Waals surface area contributed by atoms with Gasteiger partial charge >= 0.3 is 0 Å². The molecular weight excluding hydrogens is 315 g/mol. The molecule has 2 aromatic heterocycles. The van der Waals surface area contributed by atoms with Crippen LogP contribution in [0.1, 0.15) is 10.9 Å². The Morgan fingerprint density at radius 1 is 1.22 bits per heavy atom. The van der Waals surface area contributed by atoms with E-state index in [1.807, 2.05) is 11.8 Å². The van der Waals surface area contributed by atoms with Crippen LogP contribution in [0.3, 0.4) is 0 Å². The highest BCUT2D eigenvalue weighted by Crippen LogP contribution is 2.33. The van der Waals surface area contributed by atoms with Crippen LogP contribution in [0.5, 0.6) is 0 Å². The van der Waals surface area contributed by atoms with Crippen molar-refractivity contribution in [1.82, 2.24) is 25.3 Å². The Labute approximate surface area is 136 Å². The summed E-state index contributed by atoms with van der Waals surface area (Å²) in [7, 11) is 0. The lowest BCUT2D eigenvalue weighted by atomic mass is 10.2. The third-order valence-corrected chi connectivity index (χ3v) is 4.88. The Bertz CT molecular complexity index is 812. The van der Waals surface area contributed by atoms with Crippen molar-refractivity contribution in [3.05, 3.63) is 42.1 Å². The van der Waals surface area contributed by atoms with Crippen molar-refractivity contribution >= 4 is 34.6 Å². The minimum absolute atomic E-state index is 0.253. The van der Waals surface area contributed by atoms with Gasteiger partial charge in [-0.15, -0.1) is 11.8 Å². The summed E-state index contributed by atoms with van der Waals surface area (Å²) < 4.78 is 13.0. The van der Waals surface area contributed by atoms with E-state index in [1.165, 1.54) is 12.1 Å². The van der Waals surface area contributed by atoms with Gasteiger partial charge in [-0.25, -0.2) is 14.4 Å². The van der Waals surface area contributed by atoms with Crippen LogP contribution in [0.4, 0.5) is 16.0 Å². The average Bonchev–Trinajstić information content (AvgIpc) is 3.05. The van der Waals surface area contributed by atoms with Crippen LogP contribution in [0.15, 0.2) is 30.6 Å². The molecule has 0 radical (unpaired) electrons. The Kier molecular flexibility index (Phi) is 3.84. The summed E-state index contributed by atoms with van der Waals surface area (Å²) in [5, 5.41) is 6.76. The Balaban J connectivity index is 1.70. The van der Waals surface area contributed by atoms with Crippen molar-refractivity contribution in [2.24, 2.45) is 0 Å². The minimum atomic E-state index is -0.274. The van der Waals surface area contributed by atoms with Crippen molar-refractivity contribution in [3.8, 4) is 0 Å². The number of halogens is 1. The van der Waals surface area contributed by atoms with Gasteiger partial charge in [0.1, 0.15) is 11.3 Å². The average molecular weight is 330 g/mol. The number of thioether (sulfide) groups is 1. The van der Waals surface area contributed by atoms with Gasteiger partial charge in [0, 0.05) is 24.5 Å². The maximum Gasteiger partial charge on any atom is 0.229 e. The van der Waals surface area contributed by atoms with Gasteiger partial charge in [0.05, 0.1) is 17.3 Å². The van der Waals surface area contributed by atoms with Crippen molar-refractivity contribution in [2.75, 3.05) is 24.2 Å². The highest BCUT2D eigenvalue weighted by molar-refractivity contribution is 7.99. The Morgan fingerprint density at radius 3 is 2.87 bits per heavy atom. The van der Waals surface area contributed by atoms with E-state index in [0.29, 0.717) is 11.6 Å². The second kappa shape index (κ2) is 6.13. The van der Waals surface area contributed by atoms with E-state index in [9.17, 15) is 4.39 Å². The zero-order valence-corrected chi connectivity index (χ0v) is 13.0. The zero-order valence-electron chi connectivity index (χ0n) is 12.2. The molecule has 1 aromatic carbocycles. The number of imidazole rings is 1. The molecular formula is C15H15FN6S. The second-order valence-corrected chi connectivity index (χ2v) is 6.54. The molecule has 1 unspecified atom stereocenters. The molecule has 3 aromatic rings. The van der Waals surface area contributed by atoms with E-state index in [4.69, 9.17) is 0 Å². The minimum Gasteiger partial charge on any atom is -0.342 e. The van der Waals surface area contributed by atoms with Gasteiger partial charge in [0.15, 0.2) is 5.65 Å². The molecule has 0 spiro atoms. The largest absolute Gasteiger partial charge is 0.342 e. The molecule has 1 saturated heterocycles. The fourth-order valence-corrected chi connectivity index (χ4v) is 3.66. The lowest BCUT2D eigenvalue weighted by molar-refractivity contribution is 0.628. The first kappa shape index (κ1) is 14.4. The highest BCUT2D eigenvalue weighted by atomic mass is 32.2.